The van der Waals surface area contributed by atoms with E-state index in [-0.39, 0.29) is 17.2 Å². The van der Waals surface area contributed by atoms with Crippen molar-refractivity contribution in [1.29, 1.82) is 0 Å². The van der Waals surface area contributed by atoms with Gasteiger partial charge in [-0.3, -0.25) is 14.2 Å². The summed E-state index contributed by atoms with van der Waals surface area (Å²) in [5.74, 6) is -0.224. The number of aromatic nitrogens is 2. The van der Waals surface area contributed by atoms with Crippen LogP contribution in [0.2, 0.25) is 0 Å². The summed E-state index contributed by atoms with van der Waals surface area (Å²) in [6, 6.07) is 22.5. The molecule has 0 radical (unpaired) electrons. The Morgan fingerprint density at radius 1 is 1.09 bits per heavy atom. The molecule has 4 rings (SSSR count). The molecule has 1 heterocycles. The van der Waals surface area contributed by atoms with Crippen molar-refractivity contribution >= 4 is 50.2 Å². The quantitative estimate of drug-likeness (QED) is 0.166. The van der Waals surface area contributed by atoms with E-state index in [2.05, 4.69) is 31.4 Å². The number of carbonyl (C=O) groups is 1. The molecule has 0 saturated carbocycles. The highest BCUT2D eigenvalue weighted by molar-refractivity contribution is 9.10. The van der Waals surface area contributed by atoms with Crippen molar-refractivity contribution < 1.29 is 4.79 Å². The molecule has 33 heavy (non-hydrogen) atoms. The molecule has 0 spiro atoms. The fourth-order valence-corrected chi connectivity index (χ4v) is 4.42. The molecule has 1 amide bonds. The number of hydrazone groups is 1. The van der Waals surface area contributed by atoms with Crippen LogP contribution >= 0.6 is 27.7 Å². The van der Waals surface area contributed by atoms with Gasteiger partial charge in [0.2, 0.25) is 0 Å². The predicted octanol–water partition coefficient (Wildman–Crippen LogP) is 5.09. The van der Waals surface area contributed by atoms with Crippen LogP contribution in [-0.4, -0.2) is 26.9 Å². The number of aryl methyl sites for hydroxylation is 1. The van der Waals surface area contributed by atoms with Crippen molar-refractivity contribution in [2.24, 2.45) is 5.10 Å². The van der Waals surface area contributed by atoms with Crippen molar-refractivity contribution in [3.63, 3.8) is 0 Å². The van der Waals surface area contributed by atoms with Crippen molar-refractivity contribution in [3.05, 3.63) is 98.7 Å². The van der Waals surface area contributed by atoms with E-state index in [9.17, 15) is 9.59 Å². The number of amides is 1. The van der Waals surface area contributed by atoms with Crippen LogP contribution in [0.4, 0.5) is 0 Å². The molecule has 8 heteroatoms. The standard InChI is InChI=1S/C25H21BrN4O2S/c1-16-10-12-20(13-11-16)30-24(32)21-8-3-4-9-22(21)27-25(30)33-15-23(31)29-28-17(2)18-6-5-7-19(26)14-18/h3-14H,15H2,1-2H3,(H,29,31). The lowest BCUT2D eigenvalue weighted by Crippen LogP contribution is -2.24. The lowest BCUT2D eigenvalue weighted by atomic mass is 10.1. The zero-order chi connectivity index (χ0) is 23.4. The first-order valence-electron chi connectivity index (χ1n) is 10.2. The van der Waals surface area contributed by atoms with Crippen molar-refractivity contribution in [2.75, 3.05) is 5.75 Å². The Bertz CT molecular complexity index is 1410. The van der Waals surface area contributed by atoms with Gasteiger partial charge in [0.25, 0.3) is 11.5 Å². The third kappa shape index (κ3) is 5.40. The zero-order valence-corrected chi connectivity index (χ0v) is 20.5. The molecule has 6 nitrogen and oxygen atoms in total. The first kappa shape index (κ1) is 22.9. The number of carbonyl (C=O) groups excluding carboxylic acids is 1. The van der Waals surface area contributed by atoms with Gasteiger partial charge < -0.3 is 0 Å². The number of benzene rings is 3. The van der Waals surface area contributed by atoms with Crippen LogP contribution in [0.25, 0.3) is 16.6 Å². The Labute approximate surface area is 203 Å². The van der Waals surface area contributed by atoms with Gasteiger partial charge in [0.05, 0.1) is 28.1 Å². The molecule has 0 aliphatic rings. The second kappa shape index (κ2) is 10.1. The van der Waals surface area contributed by atoms with Crippen LogP contribution < -0.4 is 11.0 Å². The van der Waals surface area contributed by atoms with E-state index in [0.29, 0.717) is 27.5 Å². The molecular weight excluding hydrogens is 500 g/mol. The van der Waals surface area contributed by atoms with Gasteiger partial charge in [-0.05, 0) is 55.8 Å². The van der Waals surface area contributed by atoms with Crippen LogP contribution in [0.1, 0.15) is 18.1 Å². The second-order valence-corrected chi connectivity index (χ2v) is 9.28. The van der Waals surface area contributed by atoms with Gasteiger partial charge in [0.1, 0.15) is 0 Å². The summed E-state index contributed by atoms with van der Waals surface area (Å²) >= 11 is 4.63. The number of nitrogens with one attached hydrogen (secondary N) is 1. The summed E-state index contributed by atoms with van der Waals surface area (Å²) < 4.78 is 2.49. The van der Waals surface area contributed by atoms with Gasteiger partial charge in [0, 0.05) is 4.47 Å². The Kier molecular flexibility index (Phi) is 7.05. The summed E-state index contributed by atoms with van der Waals surface area (Å²) in [4.78, 5) is 30.4. The Morgan fingerprint density at radius 3 is 2.61 bits per heavy atom. The normalized spacial score (nSPS) is 11.5. The van der Waals surface area contributed by atoms with Crippen LogP contribution in [0.15, 0.2) is 92.3 Å². The molecule has 4 aromatic rings. The van der Waals surface area contributed by atoms with Gasteiger partial charge >= 0.3 is 0 Å². The summed E-state index contributed by atoms with van der Waals surface area (Å²) in [6.07, 6.45) is 0. The van der Waals surface area contributed by atoms with Crippen LogP contribution in [0, 0.1) is 6.92 Å². The summed E-state index contributed by atoms with van der Waals surface area (Å²) in [7, 11) is 0. The van der Waals surface area contributed by atoms with Crippen LogP contribution in [0.3, 0.4) is 0 Å². The number of para-hydroxylation sites is 1. The van der Waals surface area contributed by atoms with E-state index in [4.69, 9.17) is 0 Å². The summed E-state index contributed by atoms with van der Waals surface area (Å²) in [5.41, 5.74) is 6.40. The van der Waals surface area contributed by atoms with E-state index < -0.39 is 0 Å². The number of nitrogens with zero attached hydrogens (tertiary/aromatic N) is 3. The van der Waals surface area contributed by atoms with E-state index >= 15 is 0 Å². The number of fused-ring (bicyclic) bond motifs is 1. The number of thioether (sulfide) groups is 1. The third-order valence-electron chi connectivity index (χ3n) is 4.96. The SMILES string of the molecule is CC(=NNC(=O)CSc1nc2ccccc2c(=O)n1-c1ccc(C)cc1)c1cccc(Br)c1. The molecule has 1 aromatic heterocycles. The Balaban J connectivity index is 1.58. The maximum Gasteiger partial charge on any atom is 0.266 e. The smallest absolute Gasteiger partial charge is 0.266 e. The molecule has 0 aliphatic carbocycles. The van der Waals surface area contributed by atoms with Gasteiger partial charge in [-0.15, -0.1) is 0 Å². The number of hydrogen-bond donors (Lipinski definition) is 1. The van der Waals surface area contributed by atoms with E-state index in [1.807, 2.05) is 74.5 Å². The molecule has 0 saturated heterocycles. The van der Waals surface area contributed by atoms with E-state index in [1.54, 1.807) is 16.7 Å². The van der Waals surface area contributed by atoms with Crippen LogP contribution in [0.5, 0.6) is 0 Å². The van der Waals surface area contributed by atoms with E-state index in [0.717, 1.165) is 15.6 Å². The molecule has 0 bridgehead atoms. The van der Waals surface area contributed by atoms with Crippen molar-refractivity contribution in [2.45, 2.75) is 19.0 Å². The minimum absolute atomic E-state index is 0.0614. The highest BCUT2D eigenvalue weighted by atomic mass is 79.9. The molecule has 0 fully saturated rings. The molecule has 1 N–H and O–H groups in total. The maximum atomic E-state index is 13.3. The fourth-order valence-electron chi connectivity index (χ4n) is 3.22. The van der Waals surface area contributed by atoms with Crippen molar-refractivity contribution in [3.8, 4) is 5.69 Å². The van der Waals surface area contributed by atoms with Crippen LogP contribution in [-0.2, 0) is 4.79 Å². The molecular formula is C25H21BrN4O2S. The zero-order valence-electron chi connectivity index (χ0n) is 18.1. The van der Waals surface area contributed by atoms with E-state index in [1.165, 1.54) is 11.8 Å². The van der Waals surface area contributed by atoms with Crippen molar-refractivity contribution in [1.82, 2.24) is 15.0 Å². The monoisotopic (exact) mass is 520 g/mol. The maximum absolute atomic E-state index is 13.3. The molecule has 166 valence electrons. The first-order chi connectivity index (χ1) is 15.9. The number of halogens is 1. The van der Waals surface area contributed by atoms with Gasteiger partial charge in [-0.25, -0.2) is 10.4 Å². The minimum Gasteiger partial charge on any atom is -0.272 e. The number of rotatable bonds is 6. The molecule has 0 aliphatic heterocycles. The summed E-state index contributed by atoms with van der Waals surface area (Å²) in [6.45, 7) is 3.82. The minimum atomic E-state index is -0.285. The lowest BCUT2D eigenvalue weighted by Gasteiger charge is -2.13. The Hall–Kier alpha value is -3.23. The van der Waals surface area contributed by atoms with Gasteiger partial charge in [-0.1, -0.05) is 69.7 Å². The molecule has 0 unspecified atom stereocenters. The van der Waals surface area contributed by atoms with Gasteiger partial charge in [0.15, 0.2) is 5.16 Å². The first-order valence-corrected chi connectivity index (χ1v) is 12.0. The second-order valence-electron chi connectivity index (χ2n) is 7.42. The lowest BCUT2D eigenvalue weighted by molar-refractivity contribution is -0.118. The topological polar surface area (TPSA) is 76.3 Å². The average molecular weight is 521 g/mol. The van der Waals surface area contributed by atoms with Gasteiger partial charge in [-0.2, -0.15) is 5.10 Å². The highest BCUT2D eigenvalue weighted by Crippen LogP contribution is 2.21. The third-order valence-corrected chi connectivity index (χ3v) is 6.39. The number of hydrogen-bond acceptors (Lipinski definition) is 5. The molecule has 0 atom stereocenters. The predicted molar refractivity (Wildman–Crippen MR) is 137 cm³/mol. The summed E-state index contributed by atoms with van der Waals surface area (Å²) in [5, 5.41) is 5.18. The molecule has 3 aromatic carbocycles. The highest BCUT2D eigenvalue weighted by Gasteiger charge is 2.14. The Morgan fingerprint density at radius 2 is 1.85 bits per heavy atom. The largest absolute Gasteiger partial charge is 0.272 e. The fraction of sp³-hybridized carbons (Fsp3) is 0.120. The average Bonchev–Trinajstić information content (AvgIpc) is 2.82.